The van der Waals surface area contributed by atoms with Gasteiger partial charge in [-0.3, -0.25) is 0 Å². The molecule has 0 spiro atoms. The van der Waals surface area contributed by atoms with Gasteiger partial charge in [0.05, 0.1) is 0 Å². The molecule has 2 heteroatoms. The van der Waals surface area contributed by atoms with Crippen molar-refractivity contribution in [3.63, 3.8) is 0 Å². The maximum atomic E-state index is 10.2. The molecule has 0 aliphatic rings. The smallest absolute Gasteiger partial charge is 0.328 e. The Kier molecular flexibility index (Phi) is 4.27. The molecule has 0 atom stereocenters. The van der Waals surface area contributed by atoms with Gasteiger partial charge in [-0.2, -0.15) is 0 Å². The van der Waals surface area contributed by atoms with E-state index in [-0.39, 0.29) is 0 Å². The summed E-state index contributed by atoms with van der Waals surface area (Å²) in [5, 5.41) is 8.35. The normalized spacial score (nSPS) is 11.3. The predicted octanol–water partition coefficient (Wildman–Crippen LogP) is 2.37. The van der Waals surface area contributed by atoms with Gasteiger partial charge < -0.3 is 5.11 Å². The van der Waals surface area contributed by atoms with Crippen LogP contribution in [0.5, 0.6) is 0 Å². The molecular weight excluding hydrogens is 140 g/mol. The third kappa shape index (κ3) is 6.84. The van der Waals surface area contributed by atoms with E-state index in [1.54, 1.807) is 0 Å². The number of hydrogen-bond acceptors (Lipinski definition) is 1. The summed E-state index contributed by atoms with van der Waals surface area (Å²) in [5.41, 5.74) is 1.98. The van der Waals surface area contributed by atoms with Crippen LogP contribution in [0.2, 0.25) is 0 Å². The fourth-order valence-corrected chi connectivity index (χ4v) is 0.694. The van der Waals surface area contributed by atoms with E-state index in [0.717, 1.165) is 24.0 Å². The van der Waals surface area contributed by atoms with Crippen molar-refractivity contribution in [3.8, 4) is 0 Å². The molecule has 0 bridgehead atoms. The van der Waals surface area contributed by atoms with Crippen LogP contribution in [0.25, 0.3) is 0 Å². The highest BCUT2D eigenvalue weighted by molar-refractivity contribution is 5.80. The Morgan fingerprint density at radius 1 is 1.45 bits per heavy atom. The highest BCUT2D eigenvalue weighted by atomic mass is 16.4. The monoisotopic (exact) mass is 154 g/mol. The van der Waals surface area contributed by atoms with Gasteiger partial charge in [-0.25, -0.2) is 4.79 Å². The first-order chi connectivity index (χ1) is 5.02. The second-order valence-electron chi connectivity index (χ2n) is 2.79. The highest BCUT2D eigenvalue weighted by Gasteiger charge is 1.94. The van der Waals surface area contributed by atoms with E-state index in [9.17, 15) is 4.79 Å². The van der Waals surface area contributed by atoms with Crippen LogP contribution in [0.4, 0.5) is 0 Å². The minimum absolute atomic E-state index is 0.793. The van der Waals surface area contributed by atoms with Crippen molar-refractivity contribution in [3.05, 3.63) is 23.8 Å². The SMILES string of the molecule is C=C(C)CC/C(C)=C\C(=O)O. The second-order valence-corrected chi connectivity index (χ2v) is 2.79. The molecule has 0 saturated heterocycles. The summed E-state index contributed by atoms with van der Waals surface area (Å²) in [4.78, 5) is 10.2. The average Bonchev–Trinajstić information content (AvgIpc) is 1.82. The number of hydrogen-bond donors (Lipinski definition) is 1. The number of aliphatic carboxylic acids is 1. The van der Waals surface area contributed by atoms with E-state index in [1.165, 1.54) is 6.08 Å². The van der Waals surface area contributed by atoms with Gasteiger partial charge in [0.15, 0.2) is 0 Å². The van der Waals surface area contributed by atoms with Crippen molar-refractivity contribution in [2.24, 2.45) is 0 Å². The average molecular weight is 154 g/mol. The minimum atomic E-state index is -0.871. The van der Waals surface area contributed by atoms with E-state index in [2.05, 4.69) is 6.58 Å². The van der Waals surface area contributed by atoms with Gasteiger partial charge in [-0.1, -0.05) is 11.1 Å². The van der Waals surface area contributed by atoms with Gasteiger partial charge in [0.25, 0.3) is 0 Å². The Morgan fingerprint density at radius 2 is 2.00 bits per heavy atom. The van der Waals surface area contributed by atoms with E-state index in [4.69, 9.17) is 5.11 Å². The van der Waals surface area contributed by atoms with E-state index < -0.39 is 5.97 Å². The Bertz CT molecular complexity index is 190. The molecule has 0 rings (SSSR count). The molecule has 0 fully saturated rings. The summed E-state index contributed by atoms with van der Waals surface area (Å²) >= 11 is 0. The Labute approximate surface area is 67.2 Å². The van der Waals surface area contributed by atoms with Crippen molar-refractivity contribution >= 4 is 5.97 Å². The molecule has 0 aromatic heterocycles. The largest absolute Gasteiger partial charge is 0.478 e. The molecule has 2 nitrogen and oxygen atoms in total. The van der Waals surface area contributed by atoms with Gasteiger partial charge in [0.1, 0.15) is 0 Å². The number of allylic oxidation sites excluding steroid dienone is 2. The van der Waals surface area contributed by atoms with E-state index >= 15 is 0 Å². The lowest BCUT2D eigenvalue weighted by molar-refractivity contribution is -0.131. The first kappa shape index (κ1) is 9.95. The van der Waals surface area contributed by atoms with Crippen molar-refractivity contribution in [1.29, 1.82) is 0 Å². The summed E-state index contributed by atoms with van der Waals surface area (Å²) in [7, 11) is 0. The minimum Gasteiger partial charge on any atom is -0.478 e. The lowest BCUT2D eigenvalue weighted by Gasteiger charge is -1.98. The van der Waals surface area contributed by atoms with E-state index in [1.807, 2.05) is 13.8 Å². The fourth-order valence-electron chi connectivity index (χ4n) is 0.694. The zero-order valence-corrected chi connectivity index (χ0v) is 7.05. The van der Waals surface area contributed by atoms with Gasteiger partial charge in [-0.05, 0) is 26.7 Å². The molecule has 0 aliphatic carbocycles. The molecule has 0 heterocycles. The number of carboxylic acids is 1. The van der Waals surface area contributed by atoms with Crippen LogP contribution in [0.3, 0.4) is 0 Å². The molecule has 0 aromatic carbocycles. The number of rotatable bonds is 4. The lowest BCUT2D eigenvalue weighted by atomic mass is 10.1. The molecule has 1 N–H and O–H groups in total. The second kappa shape index (κ2) is 4.72. The zero-order valence-electron chi connectivity index (χ0n) is 7.05. The molecule has 0 saturated carbocycles. The van der Waals surface area contributed by atoms with Crippen molar-refractivity contribution in [2.75, 3.05) is 0 Å². The fraction of sp³-hybridized carbons (Fsp3) is 0.444. The number of carbonyl (C=O) groups is 1. The van der Waals surface area contributed by atoms with Crippen LogP contribution < -0.4 is 0 Å². The van der Waals surface area contributed by atoms with Crippen LogP contribution >= 0.6 is 0 Å². The quantitative estimate of drug-likeness (QED) is 0.498. The molecule has 0 aliphatic heterocycles. The van der Waals surface area contributed by atoms with Crippen molar-refractivity contribution < 1.29 is 9.90 Å². The zero-order chi connectivity index (χ0) is 8.85. The third-order valence-electron chi connectivity index (χ3n) is 1.32. The topological polar surface area (TPSA) is 37.3 Å². The van der Waals surface area contributed by atoms with Gasteiger partial charge in [0.2, 0.25) is 0 Å². The van der Waals surface area contributed by atoms with Crippen LogP contribution in [-0.2, 0) is 4.79 Å². The molecule has 0 amide bonds. The van der Waals surface area contributed by atoms with Gasteiger partial charge >= 0.3 is 5.97 Å². The summed E-state index contributed by atoms with van der Waals surface area (Å²) in [6.07, 6.45) is 2.90. The summed E-state index contributed by atoms with van der Waals surface area (Å²) < 4.78 is 0. The Morgan fingerprint density at radius 3 is 2.36 bits per heavy atom. The van der Waals surface area contributed by atoms with Gasteiger partial charge in [-0.15, -0.1) is 6.58 Å². The van der Waals surface area contributed by atoms with Gasteiger partial charge in [0, 0.05) is 6.08 Å². The van der Waals surface area contributed by atoms with Crippen molar-refractivity contribution in [1.82, 2.24) is 0 Å². The Balaban J connectivity index is 3.77. The summed E-state index contributed by atoms with van der Waals surface area (Å²) in [6.45, 7) is 7.49. The Hall–Kier alpha value is -1.05. The number of carboxylic acid groups (broad SMARTS) is 1. The third-order valence-corrected chi connectivity index (χ3v) is 1.32. The standard InChI is InChI=1S/C9H14O2/c1-7(2)4-5-8(3)6-9(10)11/h6H,1,4-5H2,2-3H3,(H,10,11)/b8-6-. The molecular formula is C9H14O2. The maximum absolute atomic E-state index is 10.2. The molecule has 62 valence electrons. The predicted molar refractivity (Wildman–Crippen MR) is 45.4 cm³/mol. The molecule has 0 radical (unpaired) electrons. The first-order valence-corrected chi connectivity index (χ1v) is 3.57. The van der Waals surface area contributed by atoms with Crippen LogP contribution in [0.1, 0.15) is 26.7 Å². The molecule has 0 aromatic rings. The first-order valence-electron chi connectivity index (χ1n) is 3.57. The van der Waals surface area contributed by atoms with E-state index in [0.29, 0.717) is 0 Å². The molecule has 11 heavy (non-hydrogen) atoms. The summed E-state index contributed by atoms with van der Waals surface area (Å²) in [6, 6.07) is 0. The van der Waals surface area contributed by atoms with Crippen LogP contribution in [0.15, 0.2) is 23.8 Å². The van der Waals surface area contributed by atoms with Crippen LogP contribution in [0, 0.1) is 0 Å². The lowest BCUT2D eigenvalue weighted by Crippen LogP contribution is -1.90. The van der Waals surface area contributed by atoms with Crippen molar-refractivity contribution in [2.45, 2.75) is 26.7 Å². The molecule has 0 unspecified atom stereocenters. The maximum Gasteiger partial charge on any atom is 0.328 e. The highest BCUT2D eigenvalue weighted by Crippen LogP contribution is 2.08. The van der Waals surface area contributed by atoms with Crippen LogP contribution in [-0.4, -0.2) is 11.1 Å². The summed E-state index contributed by atoms with van der Waals surface area (Å²) in [5.74, 6) is -0.871.